The van der Waals surface area contributed by atoms with Crippen LogP contribution in [-0.4, -0.2) is 52.7 Å². The van der Waals surface area contributed by atoms with Crippen molar-refractivity contribution in [2.75, 3.05) is 20.1 Å². The quantitative estimate of drug-likeness (QED) is 0.528. The predicted octanol–water partition coefficient (Wildman–Crippen LogP) is 0.970. The molecular formula is C13H26N3O4-. The second kappa shape index (κ2) is 6.28. The van der Waals surface area contributed by atoms with Crippen molar-refractivity contribution in [3.63, 3.8) is 0 Å². The Balaban J connectivity index is 4.69. The number of rotatable bonds is 8. The highest BCUT2D eigenvalue weighted by molar-refractivity contribution is 5.85. The second-order valence-electron chi connectivity index (χ2n) is 6.27. The third kappa shape index (κ3) is 4.60. The fourth-order valence-electron chi connectivity index (χ4n) is 1.45. The molecule has 7 nitrogen and oxygen atoms in total. The summed E-state index contributed by atoms with van der Waals surface area (Å²) < 4.78 is -1.23. The summed E-state index contributed by atoms with van der Waals surface area (Å²) in [6.45, 7) is 9.11. The van der Waals surface area contributed by atoms with E-state index in [1.54, 1.807) is 13.8 Å². The maximum atomic E-state index is 12.3. The standard InChI is InChI=1S/C13H26N3O4/c1-10(17)12(3,4)14-8-9-16(7,20)15(19)13(5,6)11(2)18/h14H,8-9H2,1-7H3/q-1. The Hall–Kier alpha value is -0.860. The summed E-state index contributed by atoms with van der Waals surface area (Å²) in [5.41, 5.74) is -2.13. The highest BCUT2D eigenvalue weighted by atomic mass is 16.7. The summed E-state index contributed by atoms with van der Waals surface area (Å²) in [4.78, 5) is 22.8. The van der Waals surface area contributed by atoms with Gasteiger partial charge in [0, 0.05) is 6.54 Å². The summed E-state index contributed by atoms with van der Waals surface area (Å²) >= 11 is 0. The van der Waals surface area contributed by atoms with E-state index in [0.29, 0.717) is 0 Å². The number of hydroxylamine groups is 3. The SMILES string of the molecule is CC(=O)C(C)(C)NCC[N+](C)([O-])N([O-])C(C)(C)C(C)=O. The topological polar surface area (TPSA) is 95.5 Å². The summed E-state index contributed by atoms with van der Waals surface area (Å²) in [5.74, 6) is -0.426. The van der Waals surface area contributed by atoms with Crippen LogP contribution in [0.25, 0.3) is 0 Å². The van der Waals surface area contributed by atoms with Crippen LogP contribution in [0.4, 0.5) is 0 Å². The molecule has 1 N–H and O–H groups in total. The first-order valence-corrected chi connectivity index (χ1v) is 6.56. The second-order valence-corrected chi connectivity index (χ2v) is 6.27. The fourth-order valence-corrected chi connectivity index (χ4v) is 1.45. The van der Waals surface area contributed by atoms with Crippen molar-refractivity contribution in [1.82, 2.24) is 10.5 Å². The zero-order valence-corrected chi connectivity index (χ0v) is 13.4. The van der Waals surface area contributed by atoms with Crippen LogP contribution < -0.4 is 5.32 Å². The van der Waals surface area contributed by atoms with Gasteiger partial charge >= 0.3 is 0 Å². The Kier molecular flexibility index (Phi) is 6.01. The molecule has 0 aromatic heterocycles. The molecule has 0 amide bonds. The molecule has 0 aliphatic carbocycles. The third-order valence-corrected chi connectivity index (χ3v) is 3.70. The number of carbonyl (C=O) groups excluding carboxylic acids is 2. The van der Waals surface area contributed by atoms with Gasteiger partial charge in [-0.25, -0.2) is 5.17 Å². The van der Waals surface area contributed by atoms with E-state index in [-0.39, 0.29) is 29.8 Å². The van der Waals surface area contributed by atoms with Gasteiger partial charge in [-0.15, -0.1) is 0 Å². The largest absolute Gasteiger partial charge is 0.738 e. The number of ketones is 2. The molecule has 0 saturated heterocycles. The van der Waals surface area contributed by atoms with Crippen LogP contribution in [0.1, 0.15) is 41.5 Å². The van der Waals surface area contributed by atoms with Gasteiger partial charge in [0.15, 0.2) is 5.78 Å². The Bertz CT molecular complexity index is 378. The van der Waals surface area contributed by atoms with Crippen molar-refractivity contribution in [1.29, 1.82) is 0 Å². The molecule has 0 saturated carbocycles. The van der Waals surface area contributed by atoms with E-state index in [1.165, 1.54) is 34.7 Å². The molecule has 0 rings (SSSR count). The van der Waals surface area contributed by atoms with E-state index >= 15 is 0 Å². The Morgan fingerprint density at radius 1 is 1.15 bits per heavy atom. The normalized spacial score (nSPS) is 16.1. The van der Waals surface area contributed by atoms with Crippen LogP contribution in [0.15, 0.2) is 0 Å². The maximum absolute atomic E-state index is 12.3. The van der Waals surface area contributed by atoms with E-state index in [9.17, 15) is 20.0 Å². The number of quaternary nitrogens is 1. The Morgan fingerprint density at radius 3 is 1.95 bits per heavy atom. The summed E-state index contributed by atoms with van der Waals surface area (Å²) in [6, 6.07) is 0. The monoisotopic (exact) mass is 288 g/mol. The first-order chi connectivity index (χ1) is 8.75. The van der Waals surface area contributed by atoms with Crippen molar-refractivity contribution >= 4 is 11.6 Å². The zero-order chi connectivity index (χ0) is 16.4. The molecule has 0 radical (unpaired) electrons. The number of likely N-dealkylation sites (N-methyl/N-ethyl adjacent to an activating group) is 1. The molecule has 0 heterocycles. The highest BCUT2D eigenvalue weighted by Crippen LogP contribution is 2.21. The van der Waals surface area contributed by atoms with Crippen molar-refractivity contribution in [3.05, 3.63) is 10.4 Å². The van der Waals surface area contributed by atoms with E-state index in [2.05, 4.69) is 5.32 Å². The lowest BCUT2D eigenvalue weighted by atomic mass is 10.0. The lowest BCUT2D eigenvalue weighted by Gasteiger charge is -2.56. The van der Waals surface area contributed by atoms with Gasteiger partial charge in [-0.1, -0.05) is 0 Å². The van der Waals surface area contributed by atoms with Gasteiger partial charge in [-0.05, 0) is 41.5 Å². The molecular weight excluding hydrogens is 262 g/mol. The van der Waals surface area contributed by atoms with Gasteiger partial charge in [0.05, 0.1) is 12.6 Å². The van der Waals surface area contributed by atoms with Gasteiger partial charge in [0.2, 0.25) is 0 Å². The van der Waals surface area contributed by atoms with Gasteiger partial charge in [0.25, 0.3) is 0 Å². The number of nitrogens with one attached hydrogen (secondary N) is 1. The van der Waals surface area contributed by atoms with Crippen LogP contribution in [0.2, 0.25) is 0 Å². The number of Topliss-reactive ketones (excluding diaryl/α,β-unsaturated/α-hetero) is 2. The van der Waals surface area contributed by atoms with E-state index in [1.807, 2.05) is 0 Å². The zero-order valence-electron chi connectivity index (χ0n) is 13.4. The third-order valence-electron chi connectivity index (χ3n) is 3.70. The first kappa shape index (κ1) is 19.1. The summed E-state index contributed by atoms with van der Waals surface area (Å²) in [5, 5.41) is 27.5. The smallest absolute Gasteiger partial charge is 0.153 e. The van der Waals surface area contributed by atoms with Crippen LogP contribution >= 0.6 is 0 Å². The summed E-state index contributed by atoms with van der Waals surface area (Å²) in [7, 11) is 1.19. The van der Waals surface area contributed by atoms with Crippen LogP contribution in [-0.2, 0) is 9.59 Å². The number of carbonyl (C=O) groups is 2. The minimum Gasteiger partial charge on any atom is -0.738 e. The van der Waals surface area contributed by atoms with Crippen molar-refractivity contribution in [3.8, 4) is 0 Å². The Labute approximate surface area is 120 Å². The molecule has 7 heteroatoms. The van der Waals surface area contributed by atoms with E-state index in [4.69, 9.17) is 0 Å². The molecule has 0 aliphatic rings. The molecule has 0 spiro atoms. The van der Waals surface area contributed by atoms with Crippen LogP contribution in [0, 0.1) is 10.4 Å². The molecule has 118 valence electrons. The van der Waals surface area contributed by atoms with Crippen molar-refractivity contribution < 1.29 is 14.3 Å². The lowest BCUT2D eigenvalue weighted by molar-refractivity contribution is -0.974. The van der Waals surface area contributed by atoms with Crippen LogP contribution in [0.3, 0.4) is 0 Å². The molecule has 1 atom stereocenters. The minimum atomic E-state index is -1.38. The van der Waals surface area contributed by atoms with Gasteiger partial charge < -0.3 is 10.4 Å². The van der Waals surface area contributed by atoms with Gasteiger partial charge in [-0.3, -0.25) is 19.7 Å². The average molecular weight is 288 g/mol. The van der Waals surface area contributed by atoms with E-state index in [0.717, 1.165) is 0 Å². The molecule has 0 aromatic rings. The molecule has 0 aromatic carbocycles. The molecule has 0 bridgehead atoms. The molecule has 20 heavy (non-hydrogen) atoms. The molecule has 0 aliphatic heterocycles. The van der Waals surface area contributed by atoms with E-state index < -0.39 is 15.8 Å². The van der Waals surface area contributed by atoms with Crippen molar-refractivity contribution in [2.45, 2.75) is 52.6 Å². The van der Waals surface area contributed by atoms with Crippen LogP contribution in [0.5, 0.6) is 0 Å². The van der Waals surface area contributed by atoms with Crippen molar-refractivity contribution in [2.24, 2.45) is 0 Å². The molecule has 0 fully saturated rings. The maximum Gasteiger partial charge on any atom is 0.153 e. The average Bonchev–Trinajstić information content (AvgIpc) is 2.26. The fraction of sp³-hybridized carbons (Fsp3) is 0.846. The first-order valence-electron chi connectivity index (χ1n) is 6.56. The highest BCUT2D eigenvalue weighted by Gasteiger charge is 2.34. The number of hydrogen-bond donors (Lipinski definition) is 1. The lowest BCUT2D eigenvalue weighted by Crippen LogP contribution is -2.63. The number of nitrogens with zero attached hydrogens (tertiary/aromatic N) is 2. The minimum absolute atomic E-state index is 0.0550. The number of hydrogen-bond acceptors (Lipinski definition) is 6. The molecule has 1 unspecified atom stereocenters. The van der Waals surface area contributed by atoms with Gasteiger partial charge in [0.1, 0.15) is 17.9 Å². The summed E-state index contributed by atoms with van der Waals surface area (Å²) in [6.07, 6.45) is 0. The van der Waals surface area contributed by atoms with Gasteiger partial charge in [-0.2, -0.15) is 0 Å². The Morgan fingerprint density at radius 2 is 1.60 bits per heavy atom. The predicted molar refractivity (Wildman–Crippen MR) is 77.1 cm³/mol.